The SMILES string of the molecule is Cc1ccccc1CC(=O)N[C@@H](c1nc2ccccc2[nH]1)C(C)C. The first kappa shape index (κ1) is 16.2. The van der Waals surface area contributed by atoms with E-state index in [9.17, 15) is 4.79 Å². The third-order valence-electron chi connectivity index (χ3n) is 4.30. The number of nitrogens with one attached hydrogen (secondary N) is 2. The number of rotatable bonds is 5. The topological polar surface area (TPSA) is 57.8 Å². The van der Waals surface area contributed by atoms with E-state index in [1.54, 1.807) is 0 Å². The number of carbonyl (C=O) groups excluding carboxylic acids is 1. The van der Waals surface area contributed by atoms with Crippen LogP contribution in [0.5, 0.6) is 0 Å². The summed E-state index contributed by atoms with van der Waals surface area (Å²) >= 11 is 0. The minimum absolute atomic E-state index is 0.0171. The lowest BCUT2D eigenvalue weighted by Crippen LogP contribution is -2.33. The zero-order valence-corrected chi connectivity index (χ0v) is 14.3. The van der Waals surface area contributed by atoms with Gasteiger partial charge in [-0.3, -0.25) is 4.79 Å². The maximum absolute atomic E-state index is 12.5. The number of benzene rings is 2. The molecule has 4 heteroatoms. The number of fused-ring (bicyclic) bond motifs is 1. The fourth-order valence-corrected chi connectivity index (χ4v) is 2.88. The molecule has 0 aliphatic heterocycles. The average molecular weight is 321 g/mol. The summed E-state index contributed by atoms with van der Waals surface area (Å²) < 4.78 is 0. The summed E-state index contributed by atoms with van der Waals surface area (Å²) in [6, 6.07) is 15.8. The average Bonchev–Trinajstić information content (AvgIpc) is 2.98. The number of hydrogen-bond acceptors (Lipinski definition) is 2. The minimum atomic E-state index is -0.131. The van der Waals surface area contributed by atoms with Crippen molar-refractivity contribution in [2.45, 2.75) is 33.2 Å². The molecular formula is C20H23N3O. The Labute approximate surface area is 142 Å². The summed E-state index contributed by atoms with van der Waals surface area (Å²) in [4.78, 5) is 20.5. The third kappa shape index (κ3) is 3.48. The van der Waals surface area contributed by atoms with Crippen LogP contribution < -0.4 is 5.32 Å². The van der Waals surface area contributed by atoms with Gasteiger partial charge in [0, 0.05) is 0 Å². The van der Waals surface area contributed by atoms with Gasteiger partial charge in [0.25, 0.3) is 0 Å². The number of hydrogen-bond donors (Lipinski definition) is 2. The third-order valence-corrected chi connectivity index (χ3v) is 4.30. The number of nitrogens with zero attached hydrogens (tertiary/aromatic N) is 1. The Morgan fingerprint density at radius 1 is 1.12 bits per heavy atom. The molecule has 4 nitrogen and oxygen atoms in total. The summed E-state index contributed by atoms with van der Waals surface area (Å²) in [5, 5.41) is 3.14. The highest BCUT2D eigenvalue weighted by atomic mass is 16.1. The fourth-order valence-electron chi connectivity index (χ4n) is 2.88. The molecule has 0 unspecified atom stereocenters. The standard InChI is InChI=1S/C20H23N3O/c1-13(2)19(20-21-16-10-6-7-11-17(16)22-20)23-18(24)12-15-9-5-4-8-14(15)3/h4-11,13,19H,12H2,1-3H3,(H,21,22)(H,23,24)/t19-/m1/s1. The Morgan fingerprint density at radius 2 is 1.83 bits per heavy atom. The Morgan fingerprint density at radius 3 is 2.54 bits per heavy atom. The number of aromatic amines is 1. The molecule has 0 saturated carbocycles. The second-order valence-electron chi connectivity index (χ2n) is 6.53. The molecule has 2 N–H and O–H groups in total. The van der Waals surface area contributed by atoms with E-state index in [4.69, 9.17) is 0 Å². The fraction of sp³-hybridized carbons (Fsp3) is 0.300. The van der Waals surface area contributed by atoms with E-state index in [1.165, 1.54) is 0 Å². The number of H-pyrrole nitrogens is 1. The van der Waals surface area contributed by atoms with Gasteiger partial charge in [0.1, 0.15) is 5.82 Å². The zero-order valence-electron chi connectivity index (χ0n) is 14.3. The summed E-state index contributed by atoms with van der Waals surface area (Å²) in [6.45, 7) is 6.21. The van der Waals surface area contributed by atoms with Crippen LogP contribution in [0.3, 0.4) is 0 Å². The Bertz CT molecular complexity index is 818. The van der Waals surface area contributed by atoms with Crippen molar-refractivity contribution in [1.82, 2.24) is 15.3 Å². The molecule has 0 bridgehead atoms. The summed E-state index contributed by atoms with van der Waals surface area (Å²) in [5.41, 5.74) is 4.11. The zero-order chi connectivity index (χ0) is 17.1. The van der Waals surface area contributed by atoms with E-state index in [1.807, 2.05) is 55.5 Å². The molecule has 0 spiro atoms. The van der Waals surface area contributed by atoms with Gasteiger partial charge in [-0.15, -0.1) is 0 Å². The number of amides is 1. The van der Waals surface area contributed by atoms with Crippen LogP contribution in [-0.2, 0) is 11.2 Å². The summed E-state index contributed by atoms with van der Waals surface area (Å²) in [5.74, 6) is 1.07. The van der Waals surface area contributed by atoms with Crippen molar-refractivity contribution in [1.29, 1.82) is 0 Å². The van der Waals surface area contributed by atoms with Crippen LogP contribution in [0, 0.1) is 12.8 Å². The monoisotopic (exact) mass is 321 g/mol. The highest BCUT2D eigenvalue weighted by molar-refractivity contribution is 5.80. The lowest BCUT2D eigenvalue weighted by molar-refractivity contribution is -0.121. The number of para-hydroxylation sites is 2. The second kappa shape index (κ2) is 6.87. The highest BCUT2D eigenvalue weighted by Crippen LogP contribution is 2.22. The van der Waals surface area contributed by atoms with Crippen LogP contribution in [0.2, 0.25) is 0 Å². The van der Waals surface area contributed by atoms with Gasteiger partial charge in [-0.25, -0.2) is 4.98 Å². The molecular weight excluding hydrogens is 298 g/mol. The first-order chi connectivity index (χ1) is 11.5. The number of aromatic nitrogens is 2. The van der Waals surface area contributed by atoms with Crippen LogP contribution in [0.15, 0.2) is 48.5 Å². The van der Waals surface area contributed by atoms with Gasteiger partial charge in [0.05, 0.1) is 23.5 Å². The smallest absolute Gasteiger partial charge is 0.225 e. The Hall–Kier alpha value is -2.62. The Balaban J connectivity index is 1.79. The maximum atomic E-state index is 12.5. The molecule has 0 fully saturated rings. The van der Waals surface area contributed by atoms with E-state index in [0.717, 1.165) is 28.0 Å². The largest absolute Gasteiger partial charge is 0.346 e. The Kier molecular flexibility index (Phi) is 4.65. The van der Waals surface area contributed by atoms with Gasteiger partial charge in [-0.05, 0) is 36.1 Å². The van der Waals surface area contributed by atoms with E-state index < -0.39 is 0 Å². The van der Waals surface area contributed by atoms with Gasteiger partial charge in [-0.1, -0.05) is 50.2 Å². The molecule has 24 heavy (non-hydrogen) atoms. The quantitative estimate of drug-likeness (QED) is 0.748. The number of carbonyl (C=O) groups is 1. The van der Waals surface area contributed by atoms with Crippen molar-refractivity contribution in [2.75, 3.05) is 0 Å². The normalized spacial score (nSPS) is 12.5. The van der Waals surface area contributed by atoms with E-state index in [2.05, 4.69) is 29.1 Å². The van der Waals surface area contributed by atoms with Crippen molar-refractivity contribution < 1.29 is 4.79 Å². The predicted molar refractivity (Wildman–Crippen MR) is 96.7 cm³/mol. The van der Waals surface area contributed by atoms with Gasteiger partial charge in [0.2, 0.25) is 5.91 Å². The summed E-state index contributed by atoms with van der Waals surface area (Å²) in [7, 11) is 0. The van der Waals surface area contributed by atoms with Crippen molar-refractivity contribution >= 4 is 16.9 Å². The second-order valence-corrected chi connectivity index (χ2v) is 6.53. The van der Waals surface area contributed by atoms with Gasteiger partial charge in [0.15, 0.2) is 0 Å². The molecule has 0 aliphatic rings. The highest BCUT2D eigenvalue weighted by Gasteiger charge is 2.22. The summed E-state index contributed by atoms with van der Waals surface area (Å²) in [6.07, 6.45) is 0.385. The number of aryl methyl sites for hydroxylation is 1. The molecule has 3 rings (SSSR count). The molecule has 124 valence electrons. The van der Waals surface area contributed by atoms with Crippen LogP contribution >= 0.6 is 0 Å². The first-order valence-corrected chi connectivity index (χ1v) is 8.33. The molecule has 3 aromatic rings. The molecule has 0 saturated heterocycles. The first-order valence-electron chi connectivity index (χ1n) is 8.33. The van der Waals surface area contributed by atoms with Crippen LogP contribution in [0.4, 0.5) is 0 Å². The molecule has 1 atom stereocenters. The van der Waals surface area contributed by atoms with Crippen LogP contribution in [0.25, 0.3) is 11.0 Å². The maximum Gasteiger partial charge on any atom is 0.225 e. The molecule has 1 amide bonds. The van der Waals surface area contributed by atoms with Gasteiger partial charge < -0.3 is 10.3 Å². The van der Waals surface area contributed by atoms with Crippen molar-refractivity contribution in [3.8, 4) is 0 Å². The molecule has 0 radical (unpaired) electrons. The minimum Gasteiger partial charge on any atom is -0.346 e. The molecule has 2 aromatic carbocycles. The molecule has 1 aromatic heterocycles. The van der Waals surface area contributed by atoms with Gasteiger partial charge in [-0.2, -0.15) is 0 Å². The van der Waals surface area contributed by atoms with E-state index in [0.29, 0.717) is 6.42 Å². The lowest BCUT2D eigenvalue weighted by atomic mass is 10.0. The van der Waals surface area contributed by atoms with Crippen molar-refractivity contribution in [3.05, 3.63) is 65.5 Å². The van der Waals surface area contributed by atoms with E-state index >= 15 is 0 Å². The lowest BCUT2D eigenvalue weighted by Gasteiger charge is -2.20. The van der Waals surface area contributed by atoms with Crippen molar-refractivity contribution in [3.63, 3.8) is 0 Å². The van der Waals surface area contributed by atoms with Crippen LogP contribution in [0.1, 0.15) is 36.8 Å². The van der Waals surface area contributed by atoms with Crippen molar-refractivity contribution in [2.24, 2.45) is 5.92 Å². The molecule has 1 heterocycles. The number of imidazole rings is 1. The molecule has 0 aliphatic carbocycles. The van der Waals surface area contributed by atoms with Gasteiger partial charge >= 0.3 is 0 Å². The van der Waals surface area contributed by atoms with E-state index in [-0.39, 0.29) is 17.9 Å². The predicted octanol–water partition coefficient (Wildman–Crippen LogP) is 3.93. The van der Waals surface area contributed by atoms with Crippen LogP contribution in [-0.4, -0.2) is 15.9 Å².